The van der Waals surface area contributed by atoms with Gasteiger partial charge in [-0.05, 0) is 24.0 Å². The fourth-order valence-corrected chi connectivity index (χ4v) is 2.56. The number of carbonyl (C=O) groups is 2. The number of hydrogen-bond acceptors (Lipinski definition) is 3. The first-order valence-electron chi connectivity index (χ1n) is 7.88. The van der Waals surface area contributed by atoms with Crippen LogP contribution in [-0.4, -0.2) is 22.0 Å². The molecule has 2 N–H and O–H groups in total. The van der Waals surface area contributed by atoms with Gasteiger partial charge in [0, 0.05) is 18.1 Å². The van der Waals surface area contributed by atoms with Gasteiger partial charge in [0.2, 0.25) is 5.91 Å². The zero-order chi connectivity index (χ0) is 16.5. The molecule has 0 aromatic carbocycles. The summed E-state index contributed by atoms with van der Waals surface area (Å²) in [4.78, 5) is 27.5. The van der Waals surface area contributed by atoms with Gasteiger partial charge in [-0.3, -0.25) is 14.6 Å². The predicted octanol–water partition coefficient (Wildman–Crippen LogP) is 3.57. The van der Waals surface area contributed by atoms with E-state index in [1.807, 2.05) is 6.92 Å². The van der Waals surface area contributed by atoms with Crippen LogP contribution in [0.1, 0.15) is 46.5 Å². The van der Waals surface area contributed by atoms with E-state index in [1.165, 1.54) is 0 Å². The van der Waals surface area contributed by atoms with E-state index in [9.17, 15) is 9.59 Å². The second kappa shape index (κ2) is 9.18. The summed E-state index contributed by atoms with van der Waals surface area (Å²) in [6.07, 6.45) is 6.25. The molecule has 0 aliphatic heterocycles. The first kappa shape index (κ1) is 18.1. The van der Waals surface area contributed by atoms with Gasteiger partial charge in [0.05, 0.1) is 12.3 Å². The summed E-state index contributed by atoms with van der Waals surface area (Å²) >= 11 is 0. The Labute approximate surface area is 132 Å². The molecule has 0 aliphatic rings. The van der Waals surface area contributed by atoms with Crippen molar-refractivity contribution in [3.63, 3.8) is 0 Å². The smallest absolute Gasteiger partial charge is 0.304 e. The Hall–Kier alpha value is -1.91. The van der Waals surface area contributed by atoms with Crippen LogP contribution in [0.4, 0.5) is 5.69 Å². The molecule has 0 spiro atoms. The molecule has 0 radical (unpaired) electrons. The van der Waals surface area contributed by atoms with Gasteiger partial charge in [0.1, 0.15) is 0 Å². The number of aromatic nitrogens is 1. The number of aliphatic carboxylic acids is 1. The van der Waals surface area contributed by atoms with Crippen molar-refractivity contribution in [1.82, 2.24) is 4.98 Å². The molecule has 0 aliphatic carbocycles. The monoisotopic (exact) mass is 306 g/mol. The molecule has 3 unspecified atom stereocenters. The maximum absolute atomic E-state index is 12.5. The third-order valence-corrected chi connectivity index (χ3v) is 4.22. The summed E-state index contributed by atoms with van der Waals surface area (Å²) in [5, 5.41) is 11.9. The number of carbonyl (C=O) groups excluding carboxylic acids is 1. The number of nitrogens with one attached hydrogen (secondary N) is 1. The average Bonchev–Trinajstić information content (AvgIpc) is 2.50. The van der Waals surface area contributed by atoms with Crippen LogP contribution in [0.25, 0.3) is 0 Å². The van der Waals surface area contributed by atoms with E-state index in [0.29, 0.717) is 11.6 Å². The van der Waals surface area contributed by atoms with E-state index >= 15 is 0 Å². The number of amides is 1. The van der Waals surface area contributed by atoms with Gasteiger partial charge in [0.15, 0.2) is 0 Å². The van der Waals surface area contributed by atoms with Gasteiger partial charge in [0.25, 0.3) is 0 Å². The molecule has 0 bridgehead atoms. The highest BCUT2D eigenvalue weighted by Gasteiger charge is 2.30. The maximum atomic E-state index is 12.5. The summed E-state index contributed by atoms with van der Waals surface area (Å²) < 4.78 is 0. The molecule has 1 heterocycles. The van der Waals surface area contributed by atoms with E-state index in [0.717, 1.165) is 19.3 Å². The Balaban J connectivity index is 2.77. The topological polar surface area (TPSA) is 79.3 Å². The molecule has 1 aromatic rings. The van der Waals surface area contributed by atoms with Crippen molar-refractivity contribution in [2.75, 3.05) is 5.32 Å². The number of hydrogen-bond donors (Lipinski definition) is 2. The predicted molar refractivity (Wildman–Crippen MR) is 86.5 cm³/mol. The second-order valence-electron chi connectivity index (χ2n) is 5.91. The molecule has 0 saturated heterocycles. The van der Waals surface area contributed by atoms with Crippen LogP contribution in [0.3, 0.4) is 0 Å². The van der Waals surface area contributed by atoms with Crippen molar-refractivity contribution in [3.05, 3.63) is 24.5 Å². The first-order chi connectivity index (χ1) is 10.5. The number of unbranched alkanes of at least 4 members (excludes halogenated alkanes) is 1. The highest BCUT2D eigenvalue weighted by atomic mass is 16.4. The SMILES string of the molecule is CCCCC(C)C(C)C(CC(=O)O)C(=O)Nc1ccncc1. The van der Waals surface area contributed by atoms with Crippen LogP contribution in [-0.2, 0) is 9.59 Å². The summed E-state index contributed by atoms with van der Waals surface area (Å²) in [7, 11) is 0. The van der Waals surface area contributed by atoms with Gasteiger partial charge >= 0.3 is 5.97 Å². The zero-order valence-corrected chi connectivity index (χ0v) is 13.6. The zero-order valence-electron chi connectivity index (χ0n) is 13.6. The maximum Gasteiger partial charge on any atom is 0.304 e. The van der Waals surface area contributed by atoms with Gasteiger partial charge in [-0.25, -0.2) is 0 Å². The van der Waals surface area contributed by atoms with E-state index in [4.69, 9.17) is 5.11 Å². The number of carboxylic acids is 1. The lowest BCUT2D eigenvalue weighted by molar-refractivity contribution is -0.141. The van der Waals surface area contributed by atoms with Gasteiger partial charge in [-0.1, -0.05) is 40.0 Å². The first-order valence-corrected chi connectivity index (χ1v) is 7.88. The van der Waals surface area contributed by atoms with Crippen molar-refractivity contribution in [2.45, 2.75) is 46.5 Å². The fourth-order valence-electron chi connectivity index (χ4n) is 2.56. The lowest BCUT2D eigenvalue weighted by Crippen LogP contribution is -2.33. The standard InChI is InChI=1S/C17H26N2O3/c1-4-5-6-12(2)13(3)15(11-16(20)21)17(22)19-14-7-9-18-10-8-14/h7-10,12-13,15H,4-6,11H2,1-3H3,(H,20,21)(H,18,19,22). The highest BCUT2D eigenvalue weighted by Crippen LogP contribution is 2.28. The molecule has 0 saturated carbocycles. The molecular weight excluding hydrogens is 280 g/mol. The molecule has 1 rings (SSSR count). The van der Waals surface area contributed by atoms with E-state index < -0.39 is 11.9 Å². The Kier molecular flexibility index (Phi) is 7.57. The van der Waals surface area contributed by atoms with Crippen LogP contribution in [0, 0.1) is 17.8 Å². The molecule has 0 fully saturated rings. The Morgan fingerprint density at radius 3 is 2.45 bits per heavy atom. The highest BCUT2D eigenvalue weighted by molar-refractivity contribution is 5.94. The fraction of sp³-hybridized carbons (Fsp3) is 0.588. The minimum absolute atomic E-state index is 0.0180. The molecule has 5 nitrogen and oxygen atoms in total. The molecule has 1 amide bonds. The minimum atomic E-state index is -0.940. The average molecular weight is 306 g/mol. The number of carboxylic acid groups (broad SMARTS) is 1. The van der Waals surface area contributed by atoms with Gasteiger partial charge < -0.3 is 10.4 Å². The van der Waals surface area contributed by atoms with E-state index in [2.05, 4.69) is 24.1 Å². The summed E-state index contributed by atoms with van der Waals surface area (Å²) in [5.41, 5.74) is 0.642. The number of nitrogens with zero attached hydrogens (tertiary/aromatic N) is 1. The number of pyridine rings is 1. The minimum Gasteiger partial charge on any atom is -0.481 e. The van der Waals surface area contributed by atoms with Crippen molar-refractivity contribution in [2.24, 2.45) is 17.8 Å². The molecule has 122 valence electrons. The van der Waals surface area contributed by atoms with E-state index in [1.54, 1.807) is 24.5 Å². The summed E-state index contributed by atoms with van der Waals surface area (Å²) in [5.74, 6) is -1.37. The van der Waals surface area contributed by atoms with Crippen LogP contribution in [0.15, 0.2) is 24.5 Å². The van der Waals surface area contributed by atoms with Crippen LogP contribution >= 0.6 is 0 Å². The number of rotatable bonds is 9. The third-order valence-electron chi connectivity index (χ3n) is 4.22. The second-order valence-corrected chi connectivity index (χ2v) is 5.91. The largest absolute Gasteiger partial charge is 0.481 e. The van der Waals surface area contributed by atoms with E-state index in [-0.39, 0.29) is 18.2 Å². The number of anilines is 1. The Bertz CT molecular complexity index is 476. The third kappa shape index (κ3) is 5.84. The lowest BCUT2D eigenvalue weighted by Gasteiger charge is -2.27. The Morgan fingerprint density at radius 2 is 1.91 bits per heavy atom. The van der Waals surface area contributed by atoms with Crippen molar-refractivity contribution in [1.29, 1.82) is 0 Å². The molecule has 5 heteroatoms. The van der Waals surface area contributed by atoms with Crippen molar-refractivity contribution < 1.29 is 14.7 Å². The normalized spacial score (nSPS) is 14.9. The van der Waals surface area contributed by atoms with Crippen LogP contribution in [0.5, 0.6) is 0 Å². The molecule has 22 heavy (non-hydrogen) atoms. The summed E-state index contributed by atoms with van der Waals surface area (Å²) in [6.45, 7) is 6.19. The van der Waals surface area contributed by atoms with Crippen LogP contribution in [0.2, 0.25) is 0 Å². The van der Waals surface area contributed by atoms with Crippen LogP contribution < -0.4 is 5.32 Å². The molecule has 1 aromatic heterocycles. The lowest BCUT2D eigenvalue weighted by atomic mass is 9.79. The van der Waals surface area contributed by atoms with Crippen molar-refractivity contribution >= 4 is 17.6 Å². The van der Waals surface area contributed by atoms with Crippen molar-refractivity contribution in [3.8, 4) is 0 Å². The van der Waals surface area contributed by atoms with Gasteiger partial charge in [-0.15, -0.1) is 0 Å². The molecular formula is C17H26N2O3. The van der Waals surface area contributed by atoms with Gasteiger partial charge in [-0.2, -0.15) is 0 Å². The Morgan fingerprint density at radius 1 is 1.27 bits per heavy atom. The molecule has 3 atom stereocenters. The quantitative estimate of drug-likeness (QED) is 0.731. The summed E-state index contributed by atoms with van der Waals surface area (Å²) in [6, 6.07) is 3.39.